The summed E-state index contributed by atoms with van der Waals surface area (Å²) in [5.74, 6) is -1.00. The average Bonchev–Trinajstić information content (AvgIpc) is 2.77. The second-order valence-corrected chi connectivity index (χ2v) is 5.07. The van der Waals surface area contributed by atoms with Gasteiger partial charge in [-0.05, 0) is 25.3 Å². The lowest BCUT2D eigenvalue weighted by Crippen LogP contribution is -2.46. The first-order valence-corrected chi connectivity index (χ1v) is 6.70. The van der Waals surface area contributed by atoms with Crippen LogP contribution in [0.15, 0.2) is 17.5 Å². The lowest BCUT2D eigenvalue weighted by molar-refractivity contribution is -0.137. The Labute approximate surface area is 110 Å². The third kappa shape index (κ3) is 4.75. The van der Waals surface area contributed by atoms with E-state index in [2.05, 4.69) is 5.32 Å². The molecule has 2 N–H and O–H groups in total. The largest absolute Gasteiger partial charge is 0.480 e. The molecule has 1 atom stereocenters. The number of likely N-dealkylation sites (N-methyl/N-ethyl adjacent to an activating group) is 1. The molecular weight excluding hydrogens is 252 g/mol. The molecular formula is C12H18N2O3S. The van der Waals surface area contributed by atoms with Gasteiger partial charge in [0.05, 0.1) is 0 Å². The summed E-state index contributed by atoms with van der Waals surface area (Å²) in [6.45, 7) is 3.77. The fourth-order valence-corrected chi connectivity index (χ4v) is 2.41. The van der Waals surface area contributed by atoms with Gasteiger partial charge in [-0.3, -0.25) is 4.79 Å². The zero-order valence-electron chi connectivity index (χ0n) is 10.5. The lowest BCUT2D eigenvalue weighted by Gasteiger charge is -2.22. The molecule has 0 saturated carbocycles. The highest BCUT2D eigenvalue weighted by molar-refractivity contribution is 7.09. The monoisotopic (exact) mass is 270 g/mol. The van der Waals surface area contributed by atoms with Crippen LogP contribution in [-0.4, -0.2) is 41.1 Å². The van der Waals surface area contributed by atoms with Crippen LogP contribution in [0.1, 0.15) is 18.7 Å². The van der Waals surface area contributed by atoms with Crippen molar-refractivity contribution in [2.75, 3.05) is 13.1 Å². The third-order valence-corrected chi connectivity index (χ3v) is 3.35. The van der Waals surface area contributed by atoms with Crippen molar-refractivity contribution in [1.29, 1.82) is 0 Å². The summed E-state index contributed by atoms with van der Waals surface area (Å²) in [4.78, 5) is 24.9. The van der Waals surface area contributed by atoms with Gasteiger partial charge in [-0.2, -0.15) is 0 Å². The van der Waals surface area contributed by atoms with Gasteiger partial charge in [-0.25, -0.2) is 4.79 Å². The summed E-state index contributed by atoms with van der Waals surface area (Å²) in [6.07, 6.45) is 0.758. The molecule has 1 rings (SSSR count). The van der Waals surface area contributed by atoms with E-state index in [0.717, 1.165) is 6.42 Å². The number of carboxylic acids is 1. The summed E-state index contributed by atoms with van der Waals surface area (Å²) in [5, 5.41) is 13.5. The molecule has 0 aliphatic carbocycles. The van der Waals surface area contributed by atoms with Gasteiger partial charge < -0.3 is 15.3 Å². The van der Waals surface area contributed by atoms with Crippen molar-refractivity contribution < 1.29 is 14.7 Å². The molecule has 0 spiro atoms. The van der Waals surface area contributed by atoms with Crippen molar-refractivity contribution in [2.24, 2.45) is 0 Å². The molecule has 18 heavy (non-hydrogen) atoms. The molecule has 1 aromatic heterocycles. The summed E-state index contributed by atoms with van der Waals surface area (Å²) in [7, 11) is 0. The molecule has 2 amide bonds. The van der Waals surface area contributed by atoms with E-state index in [-0.39, 0.29) is 18.6 Å². The summed E-state index contributed by atoms with van der Waals surface area (Å²) in [6, 6.07) is 3.64. The number of nitrogens with zero attached hydrogens (tertiary/aromatic N) is 1. The Bertz CT molecular complexity index is 392. The van der Waals surface area contributed by atoms with Crippen molar-refractivity contribution in [3.8, 4) is 0 Å². The number of aliphatic carboxylic acids is 1. The van der Waals surface area contributed by atoms with E-state index < -0.39 is 5.97 Å². The molecule has 1 heterocycles. The molecule has 0 aromatic carbocycles. The Morgan fingerprint density at radius 3 is 2.78 bits per heavy atom. The number of urea groups is 1. The van der Waals surface area contributed by atoms with Crippen LogP contribution in [0.4, 0.5) is 4.79 Å². The highest BCUT2D eigenvalue weighted by Gasteiger charge is 2.16. The topological polar surface area (TPSA) is 69.6 Å². The van der Waals surface area contributed by atoms with Crippen LogP contribution in [-0.2, 0) is 11.2 Å². The molecule has 1 aromatic rings. The van der Waals surface area contributed by atoms with Gasteiger partial charge in [0.25, 0.3) is 0 Å². The maximum absolute atomic E-state index is 11.8. The molecule has 0 fully saturated rings. The third-order valence-electron chi connectivity index (χ3n) is 2.45. The Balaban J connectivity index is 2.44. The van der Waals surface area contributed by atoms with E-state index in [0.29, 0.717) is 6.54 Å². The van der Waals surface area contributed by atoms with E-state index in [1.807, 2.05) is 24.4 Å². The first kappa shape index (κ1) is 14.5. The molecule has 5 nitrogen and oxygen atoms in total. The Morgan fingerprint density at radius 1 is 1.56 bits per heavy atom. The van der Waals surface area contributed by atoms with E-state index in [1.54, 1.807) is 18.3 Å². The Morgan fingerprint density at radius 2 is 2.28 bits per heavy atom. The number of nitrogens with one attached hydrogen (secondary N) is 1. The standard InChI is InChI=1S/C12H18N2O3S/c1-3-14(8-11(15)16)12(17)13-9(2)7-10-5-4-6-18-10/h4-6,9H,3,7-8H2,1-2H3,(H,13,17)(H,15,16). The maximum atomic E-state index is 11.8. The van der Waals surface area contributed by atoms with Gasteiger partial charge in [0.15, 0.2) is 0 Å². The summed E-state index contributed by atoms with van der Waals surface area (Å²) in [5.41, 5.74) is 0. The normalized spacial score (nSPS) is 11.9. The van der Waals surface area contributed by atoms with Gasteiger partial charge in [-0.15, -0.1) is 11.3 Å². The van der Waals surface area contributed by atoms with Gasteiger partial charge in [-0.1, -0.05) is 6.07 Å². The molecule has 0 aliphatic rings. The number of carbonyl (C=O) groups excluding carboxylic acids is 1. The maximum Gasteiger partial charge on any atom is 0.323 e. The van der Waals surface area contributed by atoms with Crippen LogP contribution in [0, 0.1) is 0 Å². The predicted octanol–water partition coefficient (Wildman–Crippen LogP) is 1.80. The number of hydrogen-bond donors (Lipinski definition) is 2. The van der Waals surface area contributed by atoms with Crippen LogP contribution >= 0.6 is 11.3 Å². The van der Waals surface area contributed by atoms with Crippen molar-refractivity contribution in [3.05, 3.63) is 22.4 Å². The zero-order valence-corrected chi connectivity index (χ0v) is 11.4. The zero-order chi connectivity index (χ0) is 13.5. The second kappa shape index (κ2) is 7.00. The molecule has 0 aliphatic heterocycles. The second-order valence-electron chi connectivity index (χ2n) is 4.04. The van der Waals surface area contributed by atoms with Crippen LogP contribution in [0.5, 0.6) is 0 Å². The quantitative estimate of drug-likeness (QED) is 0.828. The first-order valence-electron chi connectivity index (χ1n) is 5.82. The highest BCUT2D eigenvalue weighted by atomic mass is 32.1. The average molecular weight is 270 g/mol. The molecule has 1 unspecified atom stereocenters. The number of rotatable bonds is 6. The number of hydrogen-bond acceptors (Lipinski definition) is 3. The van der Waals surface area contributed by atoms with Crippen molar-refractivity contribution in [3.63, 3.8) is 0 Å². The molecule has 100 valence electrons. The number of amides is 2. The molecule has 0 saturated heterocycles. The molecule has 0 radical (unpaired) electrons. The van der Waals surface area contributed by atoms with Crippen molar-refractivity contribution >= 4 is 23.3 Å². The first-order chi connectivity index (χ1) is 8.52. The fraction of sp³-hybridized carbons (Fsp3) is 0.500. The van der Waals surface area contributed by atoms with Crippen LogP contribution in [0.2, 0.25) is 0 Å². The predicted molar refractivity (Wildman–Crippen MR) is 70.9 cm³/mol. The summed E-state index contributed by atoms with van der Waals surface area (Å²) < 4.78 is 0. The Hall–Kier alpha value is -1.56. The van der Waals surface area contributed by atoms with Gasteiger partial charge in [0.1, 0.15) is 6.54 Å². The SMILES string of the molecule is CCN(CC(=O)O)C(=O)NC(C)Cc1cccs1. The number of carboxylic acid groups (broad SMARTS) is 1. The van der Waals surface area contributed by atoms with Crippen molar-refractivity contribution in [1.82, 2.24) is 10.2 Å². The van der Waals surface area contributed by atoms with Crippen LogP contribution in [0.3, 0.4) is 0 Å². The number of carbonyl (C=O) groups is 2. The van der Waals surface area contributed by atoms with Crippen LogP contribution in [0.25, 0.3) is 0 Å². The minimum atomic E-state index is -1.00. The van der Waals surface area contributed by atoms with E-state index in [1.165, 1.54) is 9.78 Å². The minimum Gasteiger partial charge on any atom is -0.480 e. The minimum absolute atomic E-state index is 0.0148. The smallest absolute Gasteiger partial charge is 0.323 e. The van der Waals surface area contributed by atoms with Gasteiger partial charge >= 0.3 is 12.0 Å². The molecule has 0 bridgehead atoms. The van der Waals surface area contributed by atoms with E-state index in [9.17, 15) is 9.59 Å². The van der Waals surface area contributed by atoms with Crippen molar-refractivity contribution in [2.45, 2.75) is 26.3 Å². The molecule has 6 heteroatoms. The summed E-state index contributed by atoms with van der Waals surface area (Å²) >= 11 is 1.64. The van der Waals surface area contributed by atoms with Gasteiger partial charge in [0.2, 0.25) is 0 Å². The van der Waals surface area contributed by atoms with E-state index >= 15 is 0 Å². The van der Waals surface area contributed by atoms with E-state index in [4.69, 9.17) is 5.11 Å². The number of thiophene rings is 1. The van der Waals surface area contributed by atoms with Crippen LogP contribution < -0.4 is 5.32 Å². The Kier molecular flexibility index (Phi) is 5.64. The lowest BCUT2D eigenvalue weighted by atomic mass is 10.2. The fourth-order valence-electron chi connectivity index (χ4n) is 1.57. The van der Waals surface area contributed by atoms with Gasteiger partial charge in [0, 0.05) is 23.9 Å². The highest BCUT2D eigenvalue weighted by Crippen LogP contribution is 2.11.